The first-order valence-electron chi connectivity index (χ1n) is 11.7. The molecule has 7 nitrogen and oxygen atoms in total. The van der Waals surface area contributed by atoms with Crippen molar-refractivity contribution in [2.45, 2.75) is 76.8 Å². The molecule has 0 bridgehead atoms. The first kappa shape index (κ1) is 25.6. The maximum absolute atomic E-state index is 14.7. The molecule has 1 saturated carbocycles. The average Bonchev–Trinajstić information content (AvgIpc) is 2.70. The van der Waals surface area contributed by atoms with Crippen molar-refractivity contribution in [3.05, 3.63) is 29.8 Å². The minimum Gasteiger partial charge on any atom is -0.351 e. The van der Waals surface area contributed by atoms with Gasteiger partial charge in [-0.05, 0) is 38.3 Å². The van der Waals surface area contributed by atoms with Crippen LogP contribution in [0.4, 0.5) is 14.5 Å². The number of amides is 2. The number of anilines is 1. The molecule has 0 aromatic heterocycles. The molecular formula is C23H33F2N3O4S. The molecule has 10 heteroatoms. The van der Waals surface area contributed by atoms with E-state index in [1.54, 1.807) is 6.92 Å². The Bertz CT molecular complexity index is 980. The number of halogens is 2. The Morgan fingerprint density at radius 3 is 2.39 bits per heavy atom. The number of piperazine rings is 1. The number of carbonyl (C=O) groups is 2. The molecule has 0 radical (unpaired) electrons. The van der Waals surface area contributed by atoms with Gasteiger partial charge >= 0.3 is 0 Å². The number of hydrogen-bond donors (Lipinski definition) is 1. The average molecular weight is 486 g/mol. The zero-order chi connectivity index (χ0) is 24.2. The third kappa shape index (κ3) is 5.71. The van der Waals surface area contributed by atoms with Crippen molar-refractivity contribution in [3.63, 3.8) is 0 Å². The lowest BCUT2D eigenvalue weighted by Crippen LogP contribution is -2.71. The predicted octanol–water partition coefficient (Wildman–Crippen LogP) is 3.34. The summed E-state index contributed by atoms with van der Waals surface area (Å²) in [4.78, 5) is 27.8. The van der Waals surface area contributed by atoms with Gasteiger partial charge in [0.25, 0.3) is 0 Å². The van der Waals surface area contributed by atoms with E-state index in [-0.39, 0.29) is 24.0 Å². The lowest BCUT2D eigenvalue weighted by molar-refractivity contribution is -0.133. The van der Waals surface area contributed by atoms with Crippen molar-refractivity contribution < 1.29 is 26.8 Å². The van der Waals surface area contributed by atoms with Crippen LogP contribution < -0.4 is 10.2 Å². The third-order valence-corrected chi connectivity index (χ3v) is 8.44. The fourth-order valence-corrected chi connectivity index (χ4v) is 6.26. The van der Waals surface area contributed by atoms with E-state index in [9.17, 15) is 26.8 Å². The molecule has 2 fully saturated rings. The summed E-state index contributed by atoms with van der Waals surface area (Å²) in [5.41, 5.74) is -1.94. The number of rotatable bonds is 6. The number of hydrogen-bond acceptors (Lipinski definition) is 4. The summed E-state index contributed by atoms with van der Waals surface area (Å²) in [6.07, 6.45) is 7.19. The van der Waals surface area contributed by atoms with Gasteiger partial charge in [-0.15, -0.1) is 0 Å². The van der Waals surface area contributed by atoms with E-state index >= 15 is 0 Å². The van der Waals surface area contributed by atoms with E-state index in [1.165, 1.54) is 6.92 Å². The van der Waals surface area contributed by atoms with Crippen molar-refractivity contribution in [3.8, 4) is 0 Å². The van der Waals surface area contributed by atoms with Crippen LogP contribution in [-0.2, 0) is 19.6 Å². The van der Waals surface area contributed by atoms with E-state index in [4.69, 9.17) is 0 Å². The molecule has 1 aromatic rings. The van der Waals surface area contributed by atoms with Gasteiger partial charge < -0.3 is 5.32 Å². The van der Waals surface area contributed by atoms with Crippen molar-refractivity contribution in [1.82, 2.24) is 9.62 Å². The first-order chi connectivity index (χ1) is 15.6. The molecule has 184 valence electrons. The summed E-state index contributed by atoms with van der Waals surface area (Å²) in [6.45, 7) is 2.34. The van der Waals surface area contributed by atoms with Gasteiger partial charge in [0.2, 0.25) is 21.8 Å². The van der Waals surface area contributed by atoms with Crippen LogP contribution in [0.2, 0.25) is 0 Å². The number of nitrogens with one attached hydrogen (secondary N) is 1. The standard InChI is InChI=1S/C23H33F2N3O4S/c1-3-13-33(31,32)27-15-21(29)28(20-12-11-17(24)14-19(20)25)23(2,16-27)22(30)26-18-9-7-5-4-6-8-10-18/h11-12,14,18H,3-10,13,15-16H2,1-2H3,(H,26,30)/t23-/m1/s1. The van der Waals surface area contributed by atoms with Crippen LogP contribution in [-0.4, -0.2) is 55.0 Å². The van der Waals surface area contributed by atoms with Crippen LogP contribution in [0.3, 0.4) is 0 Å². The van der Waals surface area contributed by atoms with Crippen LogP contribution in [0.1, 0.15) is 65.2 Å². The quantitative estimate of drug-likeness (QED) is 0.670. The van der Waals surface area contributed by atoms with Gasteiger partial charge in [0.05, 0.1) is 18.0 Å². The van der Waals surface area contributed by atoms with E-state index in [0.717, 1.165) is 66.3 Å². The molecule has 1 saturated heterocycles. The molecule has 0 unspecified atom stereocenters. The molecular weight excluding hydrogens is 452 g/mol. The highest BCUT2D eigenvalue weighted by Crippen LogP contribution is 2.33. The van der Waals surface area contributed by atoms with Gasteiger partial charge in [-0.1, -0.05) is 39.0 Å². The molecule has 1 atom stereocenters. The fourth-order valence-electron chi connectivity index (χ4n) is 4.73. The normalized spacial score (nSPS) is 23.8. The third-order valence-electron chi connectivity index (χ3n) is 6.47. The summed E-state index contributed by atoms with van der Waals surface area (Å²) >= 11 is 0. The Balaban J connectivity index is 1.98. The van der Waals surface area contributed by atoms with Crippen LogP contribution in [0.25, 0.3) is 0 Å². The fraction of sp³-hybridized carbons (Fsp3) is 0.652. The topological polar surface area (TPSA) is 86.8 Å². The number of nitrogens with zero attached hydrogens (tertiary/aromatic N) is 2. The highest BCUT2D eigenvalue weighted by molar-refractivity contribution is 7.89. The maximum Gasteiger partial charge on any atom is 0.247 e. The lowest BCUT2D eigenvalue weighted by Gasteiger charge is -2.47. The van der Waals surface area contributed by atoms with Crippen LogP contribution in [0.5, 0.6) is 0 Å². The summed E-state index contributed by atoms with van der Waals surface area (Å²) < 4.78 is 54.8. The van der Waals surface area contributed by atoms with Crippen molar-refractivity contribution in [2.24, 2.45) is 0 Å². The zero-order valence-electron chi connectivity index (χ0n) is 19.3. The summed E-state index contributed by atoms with van der Waals surface area (Å²) in [7, 11) is -3.78. The highest BCUT2D eigenvalue weighted by Gasteiger charge is 2.51. The molecule has 1 heterocycles. The van der Waals surface area contributed by atoms with Crippen LogP contribution >= 0.6 is 0 Å². The zero-order valence-corrected chi connectivity index (χ0v) is 20.1. The second-order valence-electron chi connectivity index (χ2n) is 9.20. The van der Waals surface area contributed by atoms with Crippen molar-refractivity contribution in [2.75, 3.05) is 23.7 Å². The van der Waals surface area contributed by atoms with Gasteiger partial charge in [0.15, 0.2) is 0 Å². The summed E-state index contributed by atoms with van der Waals surface area (Å²) in [6, 6.07) is 2.67. The summed E-state index contributed by atoms with van der Waals surface area (Å²) in [5.74, 6) is -3.24. The number of carbonyl (C=O) groups excluding carboxylic acids is 2. The molecule has 1 aliphatic heterocycles. The van der Waals surface area contributed by atoms with Crippen LogP contribution in [0.15, 0.2) is 18.2 Å². The smallest absolute Gasteiger partial charge is 0.247 e. The monoisotopic (exact) mass is 485 g/mol. The van der Waals surface area contributed by atoms with E-state index in [0.29, 0.717) is 12.5 Å². The molecule has 0 spiro atoms. The first-order valence-corrected chi connectivity index (χ1v) is 13.3. The van der Waals surface area contributed by atoms with Crippen molar-refractivity contribution in [1.29, 1.82) is 0 Å². The Hall–Kier alpha value is -2.07. The van der Waals surface area contributed by atoms with Crippen molar-refractivity contribution >= 4 is 27.5 Å². The highest BCUT2D eigenvalue weighted by atomic mass is 32.2. The largest absolute Gasteiger partial charge is 0.351 e. The Morgan fingerprint density at radius 1 is 1.15 bits per heavy atom. The Morgan fingerprint density at radius 2 is 1.79 bits per heavy atom. The van der Waals surface area contributed by atoms with Gasteiger partial charge in [-0.25, -0.2) is 17.2 Å². The minimum absolute atomic E-state index is 0.104. The molecule has 2 amide bonds. The molecule has 1 N–H and O–H groups in total. The Kier molecular flexibility index (Phi) is 8.10. The molecule has 33 heavy (non-hydrogen) atoms. The van der Waals surface area contributed by atoms with Gasteiger partial charge in [0.1, 0.15) is 17.2 Å². The molecule has 1 aliphatic carbocycles. The van der Waals surface area contributed by atoms with Gasteiger partial charge in [0, 0.05) is 18.7 Å². The second-order valence-corrected chi connectivity index (χ2v) is 11.3. The van der Waals surface area contributed by atoms with E-state index in [2.05, 4.69) is 5.32 Å². The van der Waals surface area contributed by atoms with Crippen LogP contribution in [0, 0.1) is 11.6 Å². The Labute approximate surface area is 194 Å². The minimum atomic E-state index is -3.78. The van der Waals surface area contributed by atoms with E-state index < -0.39 is 45.6 Å². The number of benzene rings is 1. The molecule has 3 rings (SSSR count). The van der Waals surface area contributed by atoms with Gasteiger partial charge in [-0.2, -0.15) is 4.31 Å². The maximum atomic E-state index is 14.7. The lowest BCUT2D eigenvalue weighted by atomic mass is 9.92. The second kappa shape index (κ2) is 10.5. The predicted molar refractivity (Wildman–Crippen MR) is 122 cm³/mol. The van der Waals surface area contributed by atoms with Gasteiger partial charge in [-0.3, -0.25) is 14.5 Å². The molecule has 1 aromatic carbocycles. The SMILES string of the molecule is CCCS(=O)(=O)N1CC(=O)N(c2ccc(F)cc2F)[C@@](C)(C(=O)NC2CCCCCCC2)C1. The molecule has 2 aliphatic rings. The summed E-state index contributed by atoms with van der Waals surface area (Å²) in [5, 5.41) is 3.00. The van der Waals surface area contributed by atoms with E-state index in [1.807, 2.05) is 0 Å². The number of sulfonamides is 1.